The molecule has 6 heteroatoms. The van der Waals surface area contributed by atoms with Gasteiger partial charge in [0.05, 0.1) is 0 Å². The van der Waals surface area contributed by atoms with E-state index < -0.39 is 0 Å². The Hall–Kier alpha value is -2.21. The standard InChI is InChI=1S/C9H9N5.H2O/c10-8-12-7(13-9(11)14-8)6-4-2-1-3-5-6;/h1-5H,(H4,10,11,12,13,14);1H2/p-1. The van der Waals surface area contributed by atoms with Crippen LogP contribution >= 0.6 is 0 Å². The summed E-state index contributed by atoms with van der Waals surface area (Å²) in [6.45, 7) is 0. The lowest BCUT2D eigenvalue weighted by Gasteiger charge is -2.00. The molecule has 1 aromatic heterocycles. The van der Waals surface area contributed by atoms with Crippen molar-refractivity contribution in [2.45, 2.75) is 0 Å². The van der Waals surface area contributed by atoms with Gasteiger partial charge in [-0.15, -0.1) is 0 Å². The fourth-order valence-corrected chi connectivity index (χ4v) is 1.13. The molecule has 0 spiro atoms. The summed E-state index contributed by atoms with van der Waals surface area (Å²) in [6, 6.07) is 9.47. The van der Waals surface area contributed by atoms with Crippen LogP contribution in [0.1, 0.15) is 0 Å². The van der Waals surface area contributed by atoms with Crippen molar-refractivity contribution in [2.24, 2.45) is 0 Å². The quantitative estimate of drug-likeness (QED) is 0.698. The molecule has 0 aliphatic carbocycles. The predicted octanol–water partition coefficient (Wildman–Crippen LogP) is 0.526. The lowest BCUT2D eigenvalue weighted by molar-refractivity contribution is 0.824. The zero-order valence-corrected chi connectivity index (χ0v) is 7.83. The van der Waals surface area contributed by atoms with E-state index in [1.54, 1.807) is 0 Å². The number of hydrogen-bond acceptors (Lipinski definition) is 6. The van der Waals surface area contributed by atoms with Crippen LogP contribution in [0, 0.1) is 0 Å². The topological polar surface area (TPSA) is 121 Å². The first-order chi connectivity index (χ1) is 6.75. The van der Waals surface area contributed by atoms with Crippen molar-refractivity contribution in [1.82, 2.24) is 15.0 Å². The van der Waals surface area contributed by atoms with Gasteiger partial charge in [-0.3, -0.25) is 0 Å². The van der Waals surface area contributed by atoms with Crippen LogP contribution in [-0.2, 0) is 0 Å². The van der Waals surface area contributed by atoms with E-state index in [-0.39, 0.29) is 17.4 Å². The van der Waals surface area contributed by atoms with Gasteiger partial charge in [0.15, 0.2) is 5.82 Å². The molecule has 78 valence electrons. The van der Waals surface area contributed by atoms with E-state index in [9.17, 15) is 0 Å². The molecule has 0 saturated carbocycles. The number of benzene rings is 1. The SMILES string of the molecule is Nc1nc(N)nc(-c2ccccc2)n1.[OH-]. The van der Waals surface area contributed by atoms with Crippen molar-refractivity contribution < 1.29 is 5.48 Å². The summed E-state index contributed by atoms with van der Waals surface area (Å²) in [7, 11) is 0. The highest BCUT2D eigenvalue weighted by atomic mass is 16.0. The second kappa shape index (κ2) is 4.34. The van der Waals surface area contributed by atoms with Crippen molar-refractivity contribution in [1.29, 1.82) is 0 Å². The third kappa shape index (κ3) is 2.38. The van der Waals surface area contributed by atoms with Crippen LogP contribution in [0.3, 0.4) is 0 Å². The highest BCUT2D eigenvalue weighted by Gasteiger charge is 2.03. The normalized spacial score (nSPS) is 9.33. The van der Waals surface area contributed by atoms with Crippen LogP contribution in [-0.4, -0.2) is 20.4 Å². The van der Waals surface area contributed by atoms with Gasteiger partial charge in [0.25, 0.3) is 0 Å². The van der Waals surface area contributed by atoms with Gasteiger partial charge in [-0.1, -0.05) is 30.3 Å². The van der Waals surface area contributed by atoms with Crippen LogP contribution in [0.4, 0.5) is 11.9 Å². The minimum atomic E-state index is 0. The van der Waals surface area contributed by atoms with E-state index in [0.29, 0.717) is 5.82 Å². The first-order valence-electron chi connectivity index (χ1n) is 4.08. The molecule has 0 radical (unpaired) electrons. The van der Waals surface area contributed by atoms with Gasteiger partial charge in [-0.25, -0.2) is 0 Å². The summed E-state index contributed by atoms with van der Waals surface area (Å²) in [5, 5.41) is 0. The molecule has 1 heterocycles. The predicted molar refractivity (Wildman–Crippen MR) is 56.0 cm³/mol. The molecule has 0 fully saturated rings. The van der Waals surface area contributed by atoms with Crippen LogP contribution in [0.2, 0.25) is 0 Å². The first-order valence-corrected chi connectivity index (χ1v) is 4.08. The van der Waals surface area contributed by atoms with E-state index in [1.165, 1.54) is 0 Å². The van der Waals surface area contributed by atoms with Gasteiger partial charge in [-0.2, -0.15) is 15.0 Å². The molecule has 0 aliphatic rings. The first kappa shape index (κ1) is 10.9. The van der Waals surface area contributed by atoms with E-state index in [2.05, 4.69) is 15.0 Å². The second-order valence-electron chi connectivity index (χ2n) is 2.74. The summed E-state index contributed by atoms with van der Waals surface area (Å²) < 4.78 is 0. The molecule has 2 aromatic rings. The molecule has 0 aliphatic heterocycles. The number of nitrogen functional groups attached to an aromatic ring is 2. The molecule has 15 heavy (non-hydrogen) atoms. The summed E-state index contributed by atoms with van der Waals surface area (Å²) in [6.07, 6.45) is 0. The maximum absolute atomic E-state index is 5.45. The molecule has 0 saturated heterocycles. The van der Waals surface area contributed by atoms with Crippen molar-refractivity contribution >= 4 is 11.9 Å². The molecule has 6 nitrogen and oxygen atoms in total. The Bertz CT molecular complexity index is 425. The van der Waals surface area contributed by atoms with E-state index in [0.717, 1.165) is 5.56 Å². The molecule has 2 rings (SSSR count). The molecule has 1 aromatic carbocycles. The van der Waals surface area contributed by atoms with E-state index >= 15 is 0 Å². The van der Waals surface area contributed by atoms with Gasteiger partial charge < -0.3 is 16.9 Å². The molecule has 0 bridgehead atoms. The van der Waals surface area contributed by atoms with E-state index in [4.69, 9.17) is 11.5 Å². The lowest BCUT2D eigenvalue weighted by atomic mass is 10.2. The fraction of sp³-hybridized carbons (Fsp3) is 0. The van der Waals surface area contributed by atoms with Crippen LogP contribution in [0.25, 0.3) is 11.4 Å². The average Bonchev–Trinajstić information content (AvgIpc) is 2.18. The minimum Gasteiger partial charge on any atom is -0.870 e. The van der Waals surface area contributed by atoms with Crippen LogP contribution in [0.15, 0.2) is 30.3 Å². The second-order valence-corrected chi connectivity index (χ2v) is 2.74. The smallest absolute Gasteiger partial charge is 0.225 e. The van der Waals surface area contributed by atoms with Crippen LogP contribution < -0.4 is 11.5 Å². The van der Waals surface area contributed by atoms with Gasteiger partial charge in [0, 0.05) is 5.56 Å². The largest absolute Gasteiger partial charge is 0.870 e. The molecular formula is C9H10N5O-. The maximum atomic E-state index is 5.45. The Kier molecular flexibility index (Phi) is 3.14. The van der Waals surface area contributed by atoms with Crippen molar-refractivity contribution in [3.05, 3.63) is 30.3 Å². The Balaban J connectivity index is 0.00000112. The number of anilines is 2. The average molecular weight is 204 g/mol. The molecule has 0 atom stereocenters. The number of hydrogen-bond donors (Lipinski definition) is 2. The molecule has 0 unspecified atom stereocenters. The number of nitrogens with zero attached hydrogens (tertiary/aromatic N) is 3. The monoisotopic (exact) mass is 204 g/mol. The van der Waals surface area contributed by atoms with Crippen molar-refractivity contribution in [2.75, 3.05) is 11.5 Å². The number of nitrogens with two attached hydrogens (primary N) is 2. The maximum Gasteiger partial charge on any atom is 0.225 e. The summed E-state index contributed by atoms with van der Waals surface area (Å²) in [5.74, 6) is 0.767. The number of rotatable bonds is 1. The Labute approximate surface area is 86.3 Å². The lowest BCUT2D eigenvalue weighted by Crippen LogP contribution is -2.04. The molecular weight excluding hydrogens is 194 g/mol. The Morgan fingerprint density at radius 1 is 0.800 bits per heavy atom. The Morgan fingerprint density at radius 3 is 1.87 bits per heavy atom. The summed E-state index contributed by atoms with van der Waals surface area (Å²) in [4.78, 5) is 11.7. The van der Waals surface area contributed by atoms with Gasteiger partial charge in [-0.05, 0) is 0 Å². The van der Waals surface area contributed by atoms with Crippen molar-refractivity contribution in [3.63, 3.8) is 0 Å². The Morgan fingerprint density at radius 2 is 1.33 bits per heavy atom. The molecule has 0 amide bonds. The summed E-state index contributed by atoms with van der Waals surface area (Å²) >= 11 is 0. The zero-order chi connectivity index (χ0) is 9.97. The van der Waals surface area contributed by atoms with Gasteiger partial charge in [0.1, 0.15) is 0 Å². The highest BCUT2D eigenvalue weighted by molar-refractivity contribution is 5.56. The van der Waals surface area contributed by atoms with E-state index in [1.807, 2.05) is 30.3 Å². The highest BCUT2D eigenvalue weighted by Crippen LogP contribution is 2.14. The van der Waals surface area contributed by atoms with Gasteiger partial charge in [0.2, 0.25) is 11.9 Å². The minimum absolute atomic E-state index is 0. The van der Waals surface area contributed by atoms with Crippen molar-refractivity contribution in [3.8, 4) is 11.4 Å². The molecule has 5 N–H and O–H groups in total. The summed E-state index contributed by atoms with van der Waals surface area (Å²) in [5.41, 5.74) is 11.8. The fourth-order valence-electron chi connectivity index (χ4n) is 1.13. The zero-order valence-electron chi connectivity index (χ0n) is 7.83. The van der Waals surface area contributed by atoms with Crippen LogP contribution in [0.5, 0.6) is 0 Å². The third-order valence-electron chi connectivity index (χ3n) is 1.70. The van der Waals surface area contributed by atoms with Gasteiger partial charge >= 0.3 is 0 Å². The third-order valence-corrected chi connectivity index (χ3v) is 1.70. The number of aromatic nitrogens is 3.